The average molecular weight is 372 g/mol. The highest BCUT2D eigenvalue weighted by atomic mass is 16.5. The summed E-state index contributed by atoms with van der Waals surface area (Å²) in [5.74, 6) is 1.48. The molecule has 0 radical (unpaired) electrons. The Morgan fingerprint density at radius 3 is 2.50 bits per heavy atom. The van der Waals surface area contributed by atoms with Crippen LogP contribution >= 0.6 is 0 Å². The minimum absolute atomic E-state index is 0.124. The van der Waals surface area contributed by atoms with Gasteiger partial charge in [-0.05, 0) is 55.5 Å². The van der Waals surface area contributed by atoms with Gasteiger partial charge in [0.15, 0.2) is 0 Å². The van der Waals surface area contributed by atoms with E-state index in [9.17, 15) is 4.79 Å². The highest BCUT2D eigenvalue weighted by Gasteiger charge is 2.34. The fourth-order valence-electron chi connectivity index (χ4n) is 3.80. The summed E-state index contributed by atoms with van der Waals surface area (Å²) < 4.78 is 5.25. The molecule has 2 aromatic carbocycles. The molecule has 1 heterocycles. The van der Waals surface area contributed by atoms with Crippen molar-refractivity contribution in [2.24, 2.45) is 0 Å². The van der Waals surface area contributed by atoms with E-state index in [0.29, 0.717) is 18.5 Å². The van der Waals surface area contributed by atoms with E-state index in [2.05, 4.69) is 0 Å². The summed E-state index contributed by atoms with van der Waals surface area (Å²) in [5.41, 5.74) is 3.92. The van der Waals surface area contributed by atoms with Gasteiger partial charge in [-0.15, -0.1) is 0 Å². The molecule has 2 fully saturated rings. The van der Waals surface area contributed by atoms with Crippen LogP contribution in [0.15, 0.2) is 54.6 Å². The number of carbonyl (C=O) groups excluding carboxylic acids is 1. The normalized spacial score (nSPS) is 16.2. The largest absolute Gasteiger partial charge is 0.497 e. The number of fused-ring (bicyclic) bond motifs is 1. The van der Waals surface area contributed by atoms with Crippen molar-refractivity contribution in [3.8, 4) is 5.75 Å². The second-order valence-electron chi connectivity index (χ2n) is 7.90. The first-order valence-electron chi connectivity index (χ1n) is 10.1. The summed E-state index contributed by atoms with van der Waals surface area (Å²) in [6.45, 7) is 0.628. The molecule has 0 saturated heterocycles. The number of pyridine rings is 1. The third-order valence-corrected chi connectivity index (χ3v) is 5.72. The number of nitrogens with zero attached hydrogens (tertiary/aromatic N) is 2. The Bertz CT molecular complexity index is 1020. The van der Waals surface area contributed by atoms with E-state index in [0.717, 1.165) is 46.3 Å². The number of aromatic nitrogens is 1. The second kappa shape index (κ2) is 6.93. The molecule has 0 N–H and O–H groups in total. The van der Waals surface area contributed by atoms with Crippen molar-refractivity contribution in [2.45, 2.75) is 44.2 Å². The topological polar surface area (TPSA) is 42.4 Å². The van der Waals surface area contributed by atoms with Crippen LogP contribution in [0.1, 0.15) is 53.2 Å². The molecule has 4 heteroatoms. The van der Waals surface area contributed by atoms with Crippen LogP contribution in [-0.2, 0) is 6.54 Å². The maximum atomic E-state index is 13.6. The third-order valence-electron chi connectivity index (χ3n) is 5.72. The molecule has 2 aliphatic carbocycles. The molecule has 1 amide bonds. The summed E-state index contributed by atoms with van der Waals surface area (Å²) >= 11 is 0. The minimum Gasteiger partial charge on any atom is -0.497 e. The smallest absolute Gasteiger partial charge is 0.255 e. The number of amides is 1. The number of carbonyl (C=O) groups is 1. The van der Waals surface area contributed by atoms with Gasteiger partial charge >= 0.3 is 0 Å². The summed E-state index contributed by atoms with van der Waals surface area (Å²) in [4.78, 5) is 20.5. The van der Waals surface area contributed by atoms with Gasteiger partial charge in [0.2, 0.25) is 0 Å². The van der Waals surface area contributed by atoms with Crippen molar-refractivity contribution >= 4 is 16.8 Å². The van der Waals surface area contributed by atoms with Gasteiger partial charge in [0, 0.05) is 29.6 Å². The monoisotopic (exact) mass is 372 g/mol. The van der Waals surface area contributed by atoms with Crippen LogP contribution in [0.4, 0.5) is 0 Å². The lowest BCUT2D eigenvalue weighted by Crippen LogP contribution is -2.33. The van der Waals surface area contributed by atoms with E-state index in [-0.39, 0.29) is 5.91 Å². The fourth-order valence-corrected chi connectivity index (χ4v) is 3.80. The SMILES string of the molecule is COc1ccc(CN(C(=O)c2cc(C3CC3)nc3ccccc23)C2CC2)cc1. The van der Waals surface area contributed by atoms with Crippen molar-refractivity contribution in [3.05, 3.63) is 71.4 Å². The summed E-state index contributed by atoms with van der Waals surface area (Å²) in [6.07, 6.45) is 4.52. The Morgan fingerprint density at radius 2 is 1.82 bits per heavy atom. The number of rotatable bonds is 6. The standard InChI is InChI=1S/C24H24N2O2/c1-28-19-12-6-16(7-13-19)15-26(18-10-11-18)24(27)21-14-23(17-8-9-17)25-22-5-3-2-4-20(21)22/h2-7,12-14,17-18H,8-11,15H2,1H3. The molecule has 5 rings (SSSR count). The van der Waals surface area contributed by atoms with Crippen LogP contribution < -0.4 is 4.74 Å². The third kappa shape index (κ3) is 3.35. The Kier molecular flexibility index (Phi) is 4.27. The minimum atomic E-state index is 0.124. The Labute approximate surface area is 165 Å². The first-order chi connectivity index (χ1) is 13.7. The lowest BCUT2D eigenvalue weighted by Gasteiger charge is -2.24. The van der Waals surface area contributed by atoms with Gasteiger partial charge in [0.1, 0.15) is 5.75 Å². The Hall–Kier alpha value is -2.88. The molecule has 0 spiro atoms. The molecule has 2 aliphatic rings. The summed E-state index contributed by atoms with van der Waals surface area (Å²) in [5, 5.41) is 0.956. The lowest BCUT2D eigenvalue weighted by atomic mass is 10.0. The maximum absolute atomic E-state index is 13.6. The zero-order chi connectivity index (χ0) is 19.1. The molecule has 1 aromatic heterocycles. The van der Waals surface area contributed by atoms with Crippen molar-refractivity contribution in [1.82, 2.24) is 9.88 Å². The van der Waals surface area contributed by atoms with Crippen molar-refractivity contribution in [3.63, 3.8) is 0 Å². The van der Waals surface area contributed by atoms with Gasteiger partial charge in [0.25, 0.3) is 5.91 Å². The summed E-state index contributed by atoms with van der Waals surface area (Å²) in [7, 11) is 1.67. The molecule has 0 atom stereocenters. The van der Waals surface area contributed by atoms with E-state index in [1.807, 2.05) is 59.5 Å². The van der Waals surface area contributed by atoms with E-state index >= 15 is 0 Å². The Balaban J connectivity index is 1.50. The molecule has 2 saturated carbocycles. The number of hydrogen-bond acceptors (Lipinski definition) is 3. The lowest BCUT2D eigenvalue weighted by molar-refractivity contribution is 0.0731. The predicted molar refractivity (Wildman–Crippen MR) is 110 cm³/mol. The first-order valence-corrected chi connectivity index (χ1v) is 10.1. The van der Waals surface area contributed by atoms with Gasteiger partial charge in [-0.1, -0.05) is 30.3 Å². The van der Waals surface area contributed by atoms with Crippen LogP contribution in [-0.4, -0.2) is 28.9 Å². The molecule has 4 nitrogen and oxygen atoms in total. The number of benzene rings is 2. The van der Waals surface area contributed by atoms with Gasteiger partial charge in [0.05, 0.1) is 18.2 Å². The highest BCUT2D eigenvalue weighted by Crippen LogP contribution is 2.40. The zero-order valence-corrected chi connectivity index (χ0v) is 16.1. The number of methoxy groups -OCH3 is 1. The van der Waals surface area contributed by atoms with Crippen molar-refractivity contribution < 1.29 is 9.53 Å². The molecular formula is C24H24N2O2. The van der Waals surface area contributed by atoms with Gasteiger partial charge in [-0.2, -0.15) is 0 Å². The predicted octanol–water partition coefficient (Wildman–Crippen LogP) is 4.93. The number of hydrogen-bond donors (Lipinski definition) is 0. The molecule has 142 valence electrons. The number of ether oxygens (including phenoxy) is 1. The quantitative estimate of drug-likeness (QED) is 0.616. The van der Waals surface area contributed by atoms with Gasteiger partial charge < -0.3 is 9.64 Å². The highest BCUT2D eigenvalue weighted by molar-refractivity contribution is 6.06. The van der Waals surface area contributed by atoms with Gasteiger partial charge in [-0.3, -0.25) is 9.78 Å². The van der Waals surface area contributed by atoms with Crippen LogP contribution in [0, 0.1) is 0 Å². The van der Waals surface area contributed by atoms with E-state index in [4.69, 9.17) is 9.72 Å². The summed E-state index contributed by atoms with van der Waals surface area (Å²) in [6, 6.07) is 18.4. The van der Waals surface area contributed by atoms with Crippen LogP contribution in [0.2, 0.25) is 0 Å². The van der Waals surface area contributed by atoms with Crippen LogP contribution in [0.3, 0.4) is 0 Å². The maximum Gasteiger partial charge on any atom is 0.255 e. The number of para-hydroxylation sites is 1. The van der Waals surface area contributed by atoms with Crippen molar-refractivity contribution in [1.29, 1.82) is 0 Å². The van der Waals surface area contributed by atoms with E-state index in [1.165, 1.54) is 12.8 Å². The zero-order valence-electron chi connectivity index (χ0n) is 16.1. The molecule has 0 unspecified atom stereocenters. The molecular weight excluding hydrogens is 348 g/mol. The van der Waals surface area contributed by atoms with E-state index in [1.54, 1.807) is 7.11 Å². The van der Waals surface area contributed by atoms with Crippen LogP contribution in [0.5, 0.6) is 5.75 Å². The van der Waals surface area contributed by atoms with Crippen LogP contribution in [0.25, 0.3) is 10.9 Å². The second-order valence-corrected chi connectivity index (χ2v) is 7.90. The molecule has 0 aliphatic heterocycles. The van der Waals surface area contributed by atoms with E-state index < -0.39 is 0 Å². The first kappa shape index (κ1) is 17.2. The average Bonchev–Trinajstić information content (AvgIpc) is 3.64. The van der Waals surface area contributed by atoms with Gasteiger partial charge in [-0.25, -0.2) is 0 Å². The Morgan fingerprint density at radius 1 is 1.07 bits per heavy atom. The van der Waals surface area contributed by atoms with Crippen molar-refractivity contribution in [2.75, 3.05) is 7.11 Å². The fraction of sp³-hybridized carbons (Fsp3) is 0.333. The molecule has 3 aromatic rings. The molecule has 0 bridgehead atoms. The molecule has 28 heavy (non-hydrogen) atoms.